The Hall–Kier alpha value is -1.09. The molecule has 18 heavy (non-hydrogen) atoms. The SMILES string of the molecule is CC.Cc1ccc(N2CC(O)CCC23CC3)cn1. The van der Waals surface area contributed by atoms with E-state index >= 15 is 0 Å². The summed E-state index contributed by atoms with van der Waals surface area (Å²) in [5, 5.41) is 9.79. The van der Waals surface area contributed by atoms with Crippen LogP contribution in [0.5, 0.6) is 0 Å². The highest BCUT2D eigenvalue weighted by Crippen LogP contribution is 2.49. The lowest BCUT2D eigenvalue weighted by atomic mass is 9.97. The maximum absolute atomic E-state index is 9.79. The lowest BCUT2D eigenvalue weighted by Gasteiger charge is -2.40. The minimum atomic E-state index is -0.174. The van der Waals surface area contributed by atoms with Crippen LogP contribution in [0.4, 0.5) is 5.69 Å². The van der Waals surface area contributed by atoms with Crippen molar-refractivity contribution in [1.82, 2.24) is 4.98 Å². The van der Waals surface area contributed by atoms with Gasteiger partial charge in [-0.2, -0.15) is 0 Å². The molecule has 1 aliphatic heterocycles. The Morgan fingerprint density at radius 3 is 2.56 bits per heavy atom. The number of piperidine rings is 1. The average Bonchev–Trinajstić information content (AvgIpc) is 3.17. The maximum Gasteiger partial charge on any atom is 0.0716 e. The van der Waals surface area contributed by atoms with Gasteiger partial charge in [0.15, 0.2) is 0 Å². The van der Waals surface area contributed by atoms with Crippen LogP contribution in [0.15, 0.2) is 18.3 Å². The van der Waals surface area contributed by atoms with Crippen molar-refractivity contribution < 1.29 is 5.11 Å². The third kappa shape index (κ3) is 2.51. The van der Waals surface area contributed by atoms with E-state index in [1.165, 1.54) is 18.5 Å². The smallest absolute Gasteiger partial charge is 0.0716 e. The molecule has 0 amide bonds. The molecule has 1 saturated heterocycles. The number of aromatic nitrogens is 1. The molecule has 1 N–H and O–H groups in total. The van der Waals surface area contributed by atoms with Crippen LogP contribution in [-0.2, 0) is 0 Å². The van der Waals surface area contributed by atoms with Gasteiger partial charge in [0, 0.05) is 17.8 Å². The molecule has 2 heterocycles. The van der Waals surface area contributed by atoms with Crippen LogP contribution >= 0.6 is 0 Å². The van der Waals surface area contributed by atoms with E-state index in [9.17, 15) is 5.11 Å². The predicted molar refractivity (Wildman–Crippen MR) is 74.9 cm³/mol. The van der Waals surface area contributed by atoms with Gasteiger partial charge in [0.05, 0.1) is 18.0 Å². The summed E-state index contributed by atoms with van der Waals surface area (Å²) in [6, 6.07) is 4.17. The second-order valence-electron chi connectivity index (χ2n) is 5.19. The fourth-order valence-electron chi connectivity index (χ4n) is 2.73. The van der Waals surface area contributed by atoms with Crippen molar-refractivity contribution in [1.29, 1.82) is 0 Å². The van der Waals surface area contributed by atoms with Crippen molar-refractivity contribution >= 4 is 5.69 Å². The fraction of sp³-hybridized carbons (Fsp3) is 0.667. The zero-order chi connectivity index (χ0) is 13.2. The van der Waals surface area contributed by atoms with Gasteiger partial charge in [-0.15, -0.1) is 0 Å². The normalized spacial score (nSPS) is 24.4. The summed E-state index contributed by atoms with van der Waals surface area (Å²) in [7, 11) is 0. The molecule has 3 rings (SSSR count). The molecule has 1 aliphatic carbocycles. The van der Waals surface area contributed by atoms with E-state index in [-0.39, 0.29) is 6.10 Å². The Balaban J connectivity index is 0.000000574. The van der Waals surface area contributed by atoms with Crippen LogP contribution in [0.1, 0.15) is 45.2 Å². The first-order valence-electron chi connectivity index (χ1n) is 7.08. The third-order valence-corrected chi connectivity index (χ3v) is 3.94. The van der Waals surface area contributed by atoms with Gasteiger partial charge in [0.1, 0.15) is 0 Å². The van der Waals surface area contributed by atoms with Crippen molar-refractivity contribution in [2.45, 2.75) is 58.1 Å². The molecule has 0 bridgehead atoms. The molecular formula is C15H24N2O. The molecule has 1 aromatic rings. The van der Waals surface area contributed by atoms with Crippen LogP contribution in [0.25, 0.3) is 0 Å². The Kier molecular flexibility index (Phi) is 3.91. The number of aliphatic hydroxyl groups excluding tert-OH is 1. The van der Waals surface area contributed by atoms with Crippen molar-refractivity contribution in [2.24, 2.45) is 0 Å². The number of rotatable bonds is 1. The molecule has 2 aliphatic rings. The Morgan fingerprint density at radius 2 is 2.00 bits per heavy atom. The van der Waals surface area contributed by atoms with Crippen LogP contribution in [0.3, 0.4) is 0 Å². The van der Waals surface area contributed by atoms with E-state index in [2.05, 4.69) is 16.0 Å². The van der Waals surface area contributed by atoms with Gasteiger partial charge >= 0.3 is 0 Å². The number of aryl methyl sites for hydroxylation is 1. The summed E-state index contributed by atoms with van der Waals surface area (Å²) in [5.41, 5.74) is 2.57. The van der Waals surface area contributed by atoms with Crippen molar-refractivity contribution in [3.8, 4) is 0 Å². The highest BCUT2D eigenvalue weighted by molar-refractivity contribution is 5.50. The molecule has 1 unspecified atom stereocenters. The molecule has 100 valence electrons. The summed E-state index contributed by atoms with van der Waals surface area (Å²) in [6.45, 7) is 6.77. The number of pyridine rings is 1. The summed E-state index contributed by atoms with van der Waals surface area (Å²) < 4.78 is 0. The topological polar surface area (TPSA) is 36.4 Å². The molecular weight excluding hydrogens is 224 g/mol. The standard InChI is InChI=1S/C13H18N2O.C2H6/c1-10-2-3-11(8-14-10)15-9-12(16)4-5-13(15)6-7-13;1-2/h2-3,8,12,16H,4-7,9H2,1H3;1-2H3. The number of anilines is 1. The summed E-state index contributed by atoms with van der Waals surface area (Å²) in [4.78, 5) is 6.72. The lowest BCUT2D eigenvalue weighted by Crippen LogP contribution is -2.47. The number of β-amino-alcohol motifs (C(OH)–C–C–N with tert-alkyl or cyclic N) is 1. The fourth-order valence-corrected chi connectivity index (χ4v) is 2.73. The van der Waals surface area contributed by atoms with Gasteiger partial charge in [-0.05, 0) is 44.7 Å². The maximum atomic E-state index is 9.79. The van der Waals surface area contributed by atoms with Crippen molar-refractivity contribution in [3.05, 3.63) is 24.0 Å². The Labute approximate surface area is 110 Å². The first-order valence-corrected chi connectivity index (χ1v) is 7.08. The zero-order valence-corrected chi connectivity index (χ0v) is 11.7. The zero-order valence-electron chi connectivity index (χ0n) is 11.7. The molecule has 1 aromatic heterocycles. The molecule has 3 nitrogen and oxygen atoms in total. The summed E-state index contributed by atoms with van der Waals surface area (Å²) in [5.74, 6) is 0. The van der Waals surface area contributed by atoms with E-state index in [1.54, 1.807) is 0 Å². The first kappa shape index (κ1) is 13.3. The largest absolute Gasteiger partial charge is 0.391 e. The van der Waals surface area contributed by atoms with Crippen LogP contribution < -0.4 is 4.90 Å². The minimum absolute atomic E-state index is 0.174. The second-order valence-corrected chi connectivity index (χ2v) is 5.19. The predicted octanol–water partition coefficient (Wildman–Crippen LogP) is 2.91. The van der Waals surface area contributed by atoms with Crippen LogP contribution in [-0.4, -0.2) is 28.3 Å². The van der Waals surface area contributed by atoms with E-state index < -0.39 is 0 Å². The third-order valence-electron chi connectivity index (χ3n) is 3.94. The van der Waals surface area contributed by atoms with Crippen LogP contribution in [0, 0.1) is 6.92 Å². The summed E-state index contributed by atoms with van der Waals surface area (Å²) in [6.07, 6.45) is 6.39. The number of hydrogen-bond donors (Lipinski definition) is 1. The minimum Gasteiger partial charge on any atom is -0.391 e. The van der Waals surface area contributed by atoms with Crippen molar-refractivity contribution in [3.63, 3.8) is 0 Å². The van der Waals surface area contributed by atoms with Gasteiger partial charge in [-0.3, -0.25) is 4.98 Å². The molecule has 2 fully saturated rings. The molecule has 0 aromatic carbocycles. The van der Waals surface area contributed by atoms with Gasteiger partial charge in [0.2, 0.25) is 0 Å². The van der Waals surface area contributed by atoms with Gasteiger partial charge in [-0.1, -0.05) is 13.8 Å². The van der Waals surface area contributed by atoms with E-state index in [0.717, 1.165) is 25.1 Å². The van der Waals surface area contributed by atoms with Gasteiger partial charge < -0.3 is 10.0 Å². The lowest BCUT2D eigenvalue weighted by molar-refractivity contribution is 0.138. The molecule has 1 spiro atoms. The summed E-state index contributed by atoms with van der Waals surface area (Å²) >= 11 is 0. The van der Waals surface area contributed by atoms with E-state index in [1.807, 2.05) is 33.0 Å². The van der Waals surface area contributed by atoms with Gasteiger partial charge in [0.25, 0.3) is 0 Å². The highest BCUT2D eigenvalue weighted by Gasteiger charge is 2.50. The van der Waals surface area contributed by atoms with Gasteiger partial charge in [-0.25, -0.2) is 0 Å². The molecule has 0 radical (unpaired) electrons. The number of nitrogens with zero attached hydrogens (tertiary/aromatic N) is 2. The molecule has 1 saturated carbocycles. The first-order chi connectivity index (χ1) is 8.70. The van der Waals surface area contributed by atoms with Crippen molar-refractivity contribution in [2.75, 3.05) is 11.4 Å². The molecule has 3 heteroatoms. The highest BCUT2D eigenvalue weighted by atomic mass is 16.3. The number of aliphatic hydroxyl groups is 1. The monoisotopic (exact) mass is 248 g/mol. The average molecular weight is 248 g/mol. The quantitative estimate of drug-likeness (QED) is 0.830. The van der Waals surface area contributed by atoms with Crippen LogP contribution in [0.2, 0.25) is 0 Å². The van der Waals surface area contributed by atoms with E-state index in [4.69, 9.17) is 0 Å². The molecule has 1 atom stereocenters. The Bertz CT molecular complexity index is 384. The Morgan fingerprint density at radius 1 is 1.28 bits per heavy atom. The van der Waals surface area contributed by atoms with E-state index in [0.29, 0.717) is 5.54 Å². The second kappa shape index (κ2) is 5.27. The number of hydrogen-bond acceptors (Lipinski definition) is 3.